The number of aliphatic carboxylic acids is 1. The van der Waals surface area contributed by atoms with E-state index in [0.29, 0.717) is 0 Å². The Kier molecular flexibility index (Phi) is 3.93. The molecule has 0 bridgehead atoms. The molecule has 1 aromatic rings. The average molecular weight is 282 g/mol. The van der Waals surface area contributed by atoms with Crippen LogP contribution in [0.1, 0.15) is 25.5 Å². The average Bonchev–Trinajstić information content (AvgIpc) is 3.00. The molecule has 2 heterocycles. The number of H-pyrrole nitrogens is 1. The van der Waals surface area contributed by atoms with Gasteiger partial charge in [0.15, 0.2) is 0 Å². The molecular formula is C12H18N4O4. The lowest BCUT2D eigenvalue weighted by molar-refractivity contribution is -0.148. The molecule has 110 valence electrons. The molecule has 20 heavy (non-hydrogen) atoms. The van der Waals surface area contributed by atoms with E-state index in [0.717, 1.165) is 5.56 Å². The summed E-state index contributed by atoms with van der Waals surface area (Å²) in [6, 6.07) is -1.22. The normalized spacial score (nSPS) is 27.0. The van der Waals surface area contributed by atoms with Crippen molar-refractivity contribution in [1.82, 2.24) is 20.8 Å². The van der Waals surface area contributed by atoms with Crippen molar-refractivity contribution in [3.63, 3.8) is 0 Å². The van der Waals surface area contributed by atoms with E-state index in [4.69, 9.17) is 4.74 Å². The molecule has 1 fully saturated rings. The van der Waals surface area contributed by atoms with Crippen LogP contribution in [-0.4, -0.2) is 46.6 Å². The maximum absolute atomic E-state index is 11.9. The molecule has 2 amide bonds. The number of carboxylic acids is 1. The van der Waals surface area contributed by atoms with Crippen LogP contribution >= 0.6 is 0 Å². The third-order valence-electron chi connectivity index (χ3n) is 3.62. The molecular weight excluding hydrogens is 264 g/mol. The van der Waals surface area contributed by atoms with Crippen molar-refractivity contribution in [2.45, 2.75) is 25.9 Å². The zero-order valence-corrected chi connectivity index (χ0v) is 11.3. The second kappa shape index (κ2) is 5.49. The van der Waals surface area contributed by atoms with Crippen molar-refractivity contribution < 1.29 is 19.4 Å². The molecule has 2 rings (SSSR count). The summed E-state index contributed by atoms with van der Waals surface area (Å²) < 4.78 is 5.17. The molecule has 3 atom stereocenters. The van der Waals surface area contributed by atoms with E-state index in [1.165, 1.54) is 0 Å². The molecule has 0 radical (unpaired) electrons. The maximum atomic E-state index is 11.9. The number of rotatable bonds is 4. The Bertz CT molecular complexity index is 490. The van der Waals surface area contributed by atoms with Gasteiger partial charge in [-0.05, 0) is 13.8 Å². The van der Waals surface area contributed by atoms with Crippen molar-refractivity contribution in [3.8, 4) is 0 Å². The smallest absolute Gasteiger partial charge is 0.315 e. The van der Waals surface area contributed by atoms with Gasteiger partial charge in [-0.25, -0.2) is 4.79 Å². The maximum Gasteiger partial charge on any atom is 0.315 e. The first-order chi connectivity index (χ1) is 9.43. The minimum absolute atomic E-state index is 0.0879. The number of ether oxygens (including phenoxy) is 1. The van der Waals surface area contributed by atoms with Gasteiger partial charge in [0.2, 0.25) is 0 Å². The van der Waals surface area contributed by atoms with Crippen LogP contribution in [0.25, 0.3) is 0 Å². The second-order valence-corrected chi connectivity index (χ2v) is 5.16. The molecule has 0 spiro atoms. The molecule has 8 heteroatoms. The monoisotopic (exact) mass is 282 g/mol. The lowest BCUT2D eigenvalue weighted by atomic mass is 9.85. The number of urea groups is 1. The van der Waals surface area contributed by atoms with E-state index in [2.05, 4.69) is 20.8 Å². The molecule has 0 aliphatic carbocycles. The Labute approximate surface area is 115 Å². The Morgan fingerprint density at radius 3 is 3.00 bits per heavy atom. The molecule has 1 saturated heterocycles. The highest BCUT2D eigenvalue weighted by atomic mass is 16.5. The van der Waals surface area contributed by atoms with Crippen LogP contribution in [0, 0.1) is 5.41 Å². The van der Waals surface area contributed by atoms with Gasteiger partial charge in [-0.3, -0.25) is 9.89 Å². The van der Waals surface area contributed by atoms with Crippen LogP contribution < -0.4 is 10.6 Å². The standard InChI is InChI=1S/C12H18N4O4/c1-7(8-3-13-14-4-8)15-11(19)16-9-5-20-6-12(9,2)10(17)18/h3-4,7,9H,5-6H2,1-2H3,(H,13,14)(H,17,18)(H2,15,16,19). The first kappa shape index (κ1) is 14.3. The number of carbonyl (C=O) groups is 2. The lowest BCUT2D eigenvalue weighted by Gasteiger charge is -2.26. The first-order valence-electron chi connectivity index (χ1n) is 6.30. The number of amides is 2. The van der Waals surface area contributed by atoms with Crippen molar-refractivity contribution in [1.29, 1.82) is 0 Å². The van der Waals surface area contributed by atoms with E-state index in [1.54, 1.807) is 19.3 Å². The summed E-state index contributed by atoms with van der Waals surface area (Å²) in [5.41, 5.74) is -0.264. The van der Waals surface area contributed by atoms with E-state index in [-0.39, 0.29) is 19.3 Å². The molecule has 0 saturated carbocycles. The van der Waals surface area contributed by atoms with Crippen molar-refractivity contribution in [2.75, 3.05) is 13.2 Å². The van der Waals surface area contributed by atoms with Gasteiger partial charge in [-0.15, -0.1) is 0 Å². The van der Waals surface area contributed by atoms with Crippen molar-refractivity contribution >= 4 is 12.0 Å². The fourth-order valence-corrected chi connectivity index (χ4v) is 2.06. The highest BCUT2D eigenvalue weighted by Gasteiger charge is 2.47. The van der Waals surface area contributed by atoms with E-state index < -0.39 is 23.5 Å². The van der Waals surface area contributed by atoms with Gasteiger partial charge in [0.1, 0.15) is 5.41 Å². The Morgan fingerprint density at radius 2 is 2.40 bits per heavy atom. The molecule has 4 N–H and O–H groups in total. The summed E-state index contributed by atoms with van der Waals surface area (Å²) >= 11 is 0. The summed E-state index contributed by atoms with van der Waals surface area (Å²) in [7, 11) is 0. The molecule has 1 aliphatic rings. The van der Waals surface area contributed by atoms with Crippen LogP contribution in [0.15, 0.2) is 12.4 Å². The predicted octanol–water partition coefficient (Wildman–Crippen LogP) is 0.260. The predicted molar refractivity (Wildman–Crippen MR) is 69.0 cm³/mol. The fraction of sp³-hybridized carbons (Fsp3) is 0.583. The van der Waals surface area contributed by atoms with Crippen LogP contribution in [0.5, 0.6) is 0 Å². The summed E-state index contributed by atoms with van der Waals surface area (Å²) in [5, 5.41) is 21.1. The summed E-state index contributed by atoms with van der Waals surface area (Å²) in [6.45, 7) is 3.65. The van der Waals surface area contributed by atoms with Crippen LogP contribution in [0.2, 0.25) is 0 Å². The zero-order chi connectivity index (χ0) is 14.8. The fourth-order valence-electron chi connectivity index (χ4n) is 2.06. The van der Waals surface area contributed by atoms with Gasteiger partial charge >= 0.3 is 12.0 Å². The van der Waals surface area contributed by atoms with Crippen molar-refractivity contribution in [3.05, 3.63) is 18.0 Å². The first-order valence-corrected chi connectivity index (χ1v) is 6.30. The molecule has 0 aromatic carbocycles. The van der Waals surface area contributed by atoms with Gasteiger partial charge in [0.25, 0.3) is 0 Å². The summed E-state index contributed by atoms with van der Waals surface area (Å²) in [5.74, 6) is -0.983. The Hall–Kier alpha value is -2.09. The van der Waals surface area contributed by atoms with E-state index in [9.17, 15) is 14.7 Å². The number of hydrogen-bond donors (Lipinski definition) is 4. The number of nitrogens with one attached hydrogen (secondary N) is 3. The number of aromatic nitrogens is 2. The second-order valence-electron chi connectivity index (χ2n) is 5.16. The number of nitrogens with zero attached hydrogens (tertiary/aromatic N) is 1. The highest BCUT2D eigenvalue weighted by Crippen LogP contribution is 2.28. The van der Waals surface area contributed by atoms with Crippen molar-refractivity contribution in [2.24, 2.45) is 5.41 Å². The summed E-state index contributed by atoms with van der Waals surface area (Å²) in [6.07, 6.45) is 3.30. The van der Waals surface area contributed by atoms with Gasteiger partial charge in [-0.2, -0.15) is 5.10 Å². The lowest BCUT2D eigenvalue weighted by Crippen LogP contribution is -2.52. The Balaban J connectivity index is 1.93. The third kappa shape index (κ3) is 2.74. The summed E-state index contributed by atoms with van der Waals surface area (Å²) in [4.78, 5) is 23.2. The number of carbonyl (C=O) groups excluding carboxylic acids is 1. The zero-order valence-electron chi connectivity index (χ0n) is 11.3. The van der Waals surface area contributed by atoms with Gasteiger partial charge < -0.3 is 20.5 Å². The number of carboxylic acid groups (broad SMARTS) is 1. The third-order valence-corrected chi connectivity index (χ3v) is 3.62. The van der Waals surface area contributed by atoms with E-state index >= 15 is 0 Å². The largest absolute Gasteiger partial charge is 0.481 e. The minimum Gasteiger partial charge on any atom is -0.481 e. The van der Waals surface area contributed by atoms with Gasteiger partial charge in [0, 0.05) is 11.8 Å². The van der Waals surface area contributed by atoms with Gasteiger partial charge in [-0.1, -0.05) is 0 Å². The molecule has 1 aliphatic heterocycles. The topological polar surface area (TPSA) is 116 Å². The number of hydrogen-bond acceptors (Lipinski definition) is 4. The quantitative estimate of drug-likeness (QED) is 0.632. The van der Waals surface area contributed by atoms with Crippen LogP contribution in [0.4, 0.5) is 4.79 Å². The molecule has 1 aromatic heterocycles. The number of aromatic amines is 1. The van der Waals surface area contributed by atoms with E-state index in [1.807, 2.05) is 6.92 Å². The Morgan fingerprint density at radius 1 is 1.65 bits per heavy atom. The minimum atomic E-state index is -1.10. The van der Waals surface area contributed by atoms with Crippen LogP contribution in [-0.2, 0) is 9.53 Å². The van der Waals surface area contributed by atoms with Gasteiger partial charge in [0.05, 0.1) is 31.5 Å². The highest BCUT2D eigenvalue weighted by molar-refractivity contribution is 5.79. The molecule has 3 unspecified atom stereocenters. The SMILES string of the molecule is CC(NC(=O)NC1COCC1(C)C(=O)O)c1cn[nH]c1. The van der Waals surface area contributed by atoms with Crippen LogP contribution in [0.3, 0.4) is 0 Å². The molecule has 8 nitrogen and oxygen atoms in total.